The van der Waals surface area contributed by atoms with Gasteiger partial charge in [0, 0.05) is 26.0 Å². The normalized spacial score (nSPS) is 13.0. The molecule has 0 aliphatic rings. The van der Waals surface area contributed by atoms with Crippen LogP contribution in [0.15, 0.2) is 40.0 Å². The SMILES string of the molecule is CN=C/C(NC)=C(/Cl)C(=O)Nc1cccc(C(F)(F)F)c1. The second kappa shape index (κ2) is 7.12. The summed E-state index contributed by atoms with van der Waals surface area (Å²) in [6.45, 7) is 0. The third-order valence-electron chi connectivity index (χ3n) is 2.41. The van der Waals surface area contributed by atoms with E-state index in [-0.39, 0.29) is 16.4 Å². The molecule has 21 heavy (non-hydrogen) atoms. The molecule has 0 bridgehead atoms. The number of rotatable bonds is 4. The lowest BCUT2D eigenvalue weighted by molar-refractivity contribution is -0.137. The first-order chi connectivity index (χ1) is 9.79. The van der Waals surface area contributed by atoms with Gasteiger partial charge in [-0.15, -0.1) is 0 Å². The molecule has 1 rings (SSSR count). The van der Waals surface area contributed by atoms with E-state index in [2.05, 4.69) is 15.6 Å². The highest BCUT2D eigenvalue weighted by Gasteiger charge is 2.30. The molecule has 0 atom stereocenters. The van der Waals surface area contributed by atoms with Crippen LogP contribution in [0.5, 0.6) is 0 Å². The number of nitrogens with one attached hydrogen (secondary N) is 2. The Labute approximate surface area is 124 Å². The van der Waals surface area contributed by atoms with E-state index < -0.39 is 17.6 Å². The van der Waals surface area contributed by atoms with Crippen molar-refractivity contribution in [3.63, 3.8) is 0 Å². The molecular weight excluding hydrogens is 307 g/mol. The van der Waals surface area contributed by atoms with Crippen LogP contribution >= 0.6 is 11.6 Å². The molecule has 114 valence electrons. The zero-order chi connectivity index (χ0) is 16.0. The minimum absolute atomic E-state index is 0.00290. The number of halogens is 4. The van der Waals surface area contributed by atoms with Crippen LogP contribution in [0.1, 0.15) is 5.56 Å². The average molecular weight is 320 g/mol. The van der Waals surface area contributed by atoms with Crippen molar-refractivity contribution in [2.45, 2.75) is 6.18 Å². The first kappa shape index (κ1) is 17.0. The summed E-state index contributed by atoms with van der Waals surface area (Å²) in [4.78, 5) is 15.6. The maximum atomic E-state index is 12.6. The quantitative estimate of drug-likeness (QED) is 0.662. The number of carbonyl (C=O) groups is 1. The number of allylic oxidation sites excluding steroid dienone is 1. The minimum atomic E-state index is -4.48. The number of hydrogen-bond donors (Lipinski definition) is 2. The van der Waals surface area contributed by atoms with Crippen LogP contribution in [0.4, 0.5) is 18.9 Å². The summed E-state index contributed by atoms with van der Waals surface area (Å²) in [6.07, 6.45) is -3.15. The van der Waals surface area contributed by atoms with Crippen LogP contribution in [0, 0.1) is 0 Å². The van der Waals surface area contributed by atoms with Crippen molar-refractivity contribution in [3.05, 3.63) is 40.6 Å². The molecule has 8 heteroatoms. The summed E-state index contributed by atoms with van der Waals surface area (Å²) in [6, 6.07) is 4.28. The van der Waals surface area contributed by atoms with E-state index in [9.17, 15) is 18.0 Å². The first-order valence-electron chi connectivity index (χ1n) is 5.78. The highest BCUT2D eigenvalue weighted by atomic mass is 35.5. The fourth-order valence-electron chi connectivity index (χ4n) is 1.44. The maximum Gasteiger partial charge on any atom is 0.416 e. The number of alkyl halides is 3. The van der Waals surface area contributed by atoms with Crippen molar-refractivity contribution in [3.8, 4) is 0 Å². The molecule has 1 aromatic rings. The van der Waals surface area contributed by atoms with Crippen LogP contribution in [0.25, 0.3) is 0 Å². The van der Waals surface area contributed by atoms with Crippen molar-refractivity contribution >= 4 is 29.4 Å². The highest BCUT2D eigenvalue weighted by Crippen LogP contribution is 2.30. The maximum absolute atomic E-state index is 12.6. The monoisotopic (exact) mass is 319 g/mol. The Morgan fingerprint density at radius 2 is 2.05 bits per heavy atom. The number of hydrogen-bond acceptors (Lipinski definition) is 3. The van der Waals surface area contributed by atoms with Gasteiger partial charge < -0.3 is 10.6 Å². The largest absolute Gasteiger partial charge is 0.416 e. The van der Waals surface area contributed by atoms with Crippen LogP contribution < -0.4 is 10.6 Å². The summed E-state index contributed by atoms with van der Waals surface area (Å²) in [5.41, 5.74) is -0.607. The lowest BCUT2D eigenvalue weighted by Gasteiger charge is -2.10. The summed E-state index contributed by atoms with van der Waals surface area (Å²) in [5.74, 6) is -0.736. The number of carbonyl (C=O) groups excluding carboxylic acids is 1. The van der Waals surface area contributed by atoms with Gasteiger partial charge >= 0.3 is 6.18 Å². The van der Waals surface area contributed by atoms with Crippen molar-refractivity contribution in [1.29, 1.82) is 0 Å². The molecule has 0 unspecified atom stereocenters. The average Bonchev–Trinajstić information content (AvgIpc) is 2.43. The summed E-state index contributed by atoms with van der Waals surface area (Å²) in [5, 5.41) is 4.75. The number of nitrogens with zero attached hydrogens (tertiary/aromatic N) is 1. The predicted octanol–water partition coefficient (Wildman–Crippen LogP) is 3.01. The molecule has 1 amide bonds. The van der Waals surface area contributed by atoms with E-state index in [4.69, 9.17) is 11.6 Å². The zero-order valence-corrected chi connectivity index (χ0v) is 12.0. The van der Waals surface area contributed by atoms with E-state index in [0.29, 0.717) is 0 Å². The predicted molar refractivity (Wildman–Crippen MR) is 76.4 cm³/mol. The Morgan fingerprint density at radius 1 is 1.38 bits per heavy atom. The van der Waals surface area contributed by atoms with Gasteiger partial charge in [0.2, 0.25) is 0 Å². The first-order valence-corrected chi connectivity index (χ1v) is 6.15. The fourth-order valence-corrected chi connectivity index (χ4v) is 1.63. The lowest BCUT2D eigenvalue weighted by atomic mass is 10.2. The number of aliphatic imine (C=N–C) groups is 1. The number of amides is 1. The molecule has 0 aliphatic carbocycles. The zero-order valence-electron chi connectivity index (χ0n) is 11.3. The summed E-state index contributed by atoms with van der Waals surface area (Å²) >= 11 is 5.85. The number of anilines is 1. The van der Waals surface area contributed by atoms with Gasteiger partial charge in [-0.2, -0.15) is 13.2 Å². The molecule has 0 heterocycles. The Balaban J connectivity index is 2.99. The van der Waals surface area contributed by atoms with Crippen molar-refractivity contribution < 1.29 is 18.0 Å². The fraction of sp³-hybridized carbons (Fsp3) is 0.231. The lowest BCUT2D eigenvalue weighted by Crippen LogP contribution is -2.19. The van der Waals surface area contributed by atoms with Crippen molar-refractivity contribution in [1.82, 2.24) is 5.32 Å². The van der Waals surface area contributed by atoms with Gasteiger partial charge in [-0.05, 0) is 18.2 Å². The van der Waals surface area contributed by atoms with Gasteiger partial charge in [-0.25, -0.2) is 0 Å². The molecule has 0 saturated heterocycles. The summed E-state index contributed by atoms with van der Waals surface area (Å²) < 4.78 is 37.7. The summed E-state index contributed by atoms with van der Waals surface area (Å²) in [7, 11) is 3.03. The molecule has 2 N–H and O–H groups in total. The molecule has 0 spiro atoms. The molecule has 1 aromatic carbocycles. The molecule has 4 nitrogen and oxygen atoms in total. The van der Waals surface area contributed by atoms with E-state index in [1.54, 1.807) is 0 Å². The van der Waals surface area contributed by atoms with Gasteiger partial charge in [0.25, 0.3) is 5.91 Å². The van der Waals surface area contributed by atoms with Gasteiger partial charge in [0.15, 0.2) is 0 Å². The van der Waals surface area contributed by atoms with E-state index in [1.165, 1.54) is 32.4 Å². The molecule has 0 saturated carbocycles. The van der Waals surface area contributed by atoms with E-state index in [1.807, 2.05) is 0 Å². The van der Waals surface area contributed by atoms with Crippen molar-refractivity contribution in [2.24, 2.45) is 4.99 Å². The van der Waals surface area contributed by atoms with Gasteiger partial charge in [0.05, 0.1) is 11.3 Å². The Morgan fingerprint density at radius 3 is 2.57 bits per heavy atom. The van der Waals surface area contributed by atoms with Crippen LogP contribution in [0.2, 0.25) is 0 Å². The topological polar surface area (TPSA) is 53.5 Å². The third kappa shape index (κ3) is 4.78. The van der Waals surface area contributed by atoms with Gasteiger partial charge in [-0.1, -0.05) is 17.7 Å². The Hall–Kier alpha value is -2.02. The Bertz CT molecular complexity index is 582. The van der Waals surface area contributed by atoms with Crippen LogP contribution in [-0.2, 0) is 11.0 Å². The van der Waals surface area contributed by atoms with E-state index >= 15 is 0 Å². The minimum Gasteiger partial charge on any atom is -0.386 e. The Kier molecular flexibility index (Phi) is 5.78. The van der Waals surface area contributed by atoms with E-state index in [0.717, 1.165) is 12.1 Å². The molecule has 0 aliphatic heterocycles. The number of benzene rings is 1. The van der Waals surface area contributed by atoms with Crippen LogP contribution in [0.3, 0.4) is 0 Å². The second-order valence-corrected chi connectivity index (χ2v) is 4.28. The molecule has 0 radical (unpaired) electrons. The second-order valence-electron chi connectivity index (χ2n) is 3.90. The molecule has 0 fully saturated rings. The standard InChI is InChI=1S/C13H13ClF3N3O/c1-18-7-10(19-2)11(14)12(21)20-9-5-3-4-8(6-9)13(15,16)17/h3-7,19H,1-2H3,(H,20,21)/b11-10-,18-7?. The van der Waals surface area contributed by atoms with Gasteiger partial charge in [-0.3, -0.25) is 9.79 Å². The van der Waals surface area contributed by atoms with Crippen LogP contribution in [-0.4, -0.2) is 26.2 Å². The highest BCUT2D eigenvalue weighted by molar-refractivity contribution is 6.45. The molecular formula is C13H13ClF3N3O. The third-order valence-corrected chi connectivity index (χ3v) is 2.79. The van der Waals surface area contributed by atoms with Crippen molar-refractivity contribution in [2.75, 3.05) is 19.4 Å². The van der Waals surface area contributed by atoms with Gasteiger partial charge in [0.1, 0.15) is 5.03 Å². The smallest absolute Gasteiger partial charge is 0.386 e. The molecule has 0 aromatic heterocycles.